The Morgan fingerprint density at radius 1 is 1.38 bits per heavy atom. The van der Waals surface area contributed by atoms with Gasteiger partial charge in [-0.2, -0.15) is 0 Å². The number of carbonyl (C=O) groups excluding carboxylic acids is 1. The van der Waals surface area contributed by atoms with E-state index >= 15 is 0 Å². The Morgan fingerprint density at radius 3 is 2.38 bits per heavy atom. The van der Waals surface area contributed by atoms with E-state index in [1.54, 1.807) is 0 Å². The van der Waals surface area contributed by atoms with Gasteiger partial charge in [0.15, 0.2) is 0 Å². The molecule has 0 aliphatic rings. The quantitative estimate of drug-likeness (QED) is 0.765. The van der Waals surface area contributed by atoms with Crippen molar-refractivity contribution in [1.29, 1.82) is 0 Å². The molecule has 0 aliphatic carbocycles. The molecule has 0 atom stereocenters. The van der Waals surface area contributed by atoms with Crippen molar-refractivity contribution in [1.82, 2.24) is 4.31 Å². The molecule has 0 bridgehead atoms. The molecule has 0 heterocycles. The first kappa shape index (κ1) is 13.0. The number of halogens is 1. The van der Waals surface area contributed by atoms with Gasteiger partial charge >= 0.3 is 0 Å². The van der Waals surface area contributed by atoms with Crippen LogP contribution in [0.4, 0.5) is 0 Å². The molecule has 0 saturated heterocycles. The van der Waals surface area contributed by atoms with Crippen LogP contribution >= 0.6 is 11.6 Å². The van der Waals surface area contributed by atoms with E-state index in [0.717, 1.165) is 10.4 Å². The molecule has 7 heteroatoms. The van der Waals surface area contributed by atoms with Crippen LogP contribution in [0, 0.1) is 0 Å². The topological polar surface area (TPSA) is 77.5 Å². The Bertz CT molecular complexity index is 524. The number of nitrogens with zero attached hydrogens (tertiary/aromatic N) is 1. The number of hydrogen-bond acceptors (Lipinski definition) is 4. The van der Waals surface area contributed by atoms with Crippen LogP contribution in [0.3, 0.4) is 0 Å². The lowest BCUT2D eigenvalue weighted by Crippen LogP contribution is -2.25. The Morgan fingerprint density at radius 2 is 1.94 bits per heavy atom. The van der Waals surface area contributed by atoms with Crippen molar-refractivity contribution in [3.63, 3.8) is 0 Å². The number of benzene rings is 1. The predicted molar refractivity (Wildman–Crippen MR) is 56.7 cm³/mol. The first-order valence-corrected chi connectivity index (χ1v) is 6.02. The smallest absolute Gasteiger partial charge is 0.244 e. The number of carboxylic acid groups (broad SMARTS) is 1. The average Bonchev–Trinajstić information content (AvgIpc) is 2.17. The van der Waals surface area contributed by atoms with Gasteiger partial charge in [0.1, 0.15) is 4.90 Å². The summed E-state index contributed by atoms with van der Waals surface area (Å²) in [5.74, 6) is -1.45. The number of carbonyl (C=O) groups is 1. The Labute approximate surface area is 98.3 Å². The van der Waals surface area contributed by atoms with Gasteiger partial charge in [-0.1, -0.05) is 17.7 Å². The number of carboxylic acids is 1. The van der Waals surface area contributed by atoms with Crippen LogP contribution in [0.15, 0.2) is 23.1 Å². The van der Waals surface area contributed by atoms with Gasteiger partial charge in [0, 0.05) is 14.1 Å². The largest absolute Gasteiger partial charge is 0.545 e. The fourth-order valence-electron chi connectivity index (χ4n) is 1.02. The minimum absolute atomic E-state index is 0.0290. The van der Waals surface area contributed by atoms with Gasteiger partial charge in [-0.05, 0) is 17.7 Å². The van der Waals surface area contributed by atoms with Gasteiger partial charge < -0.3 is 9.90 Å². The number of sulfonamides is 1. The van der Waals surface area contributed by atoms with Crippen LogP contribution in [0.25, 0.3) is 0 Å². The van der Waals surface area contributed by atoms with Gasteiger partial charge in [-0.3, -0.25) is 0 Å². The summed E-state index contributed by atoms with van der Waals surface area (Å²) in [7, 11) is -1.09. The summed E-state index contributed by atoms with van der Waals surface area (Å²) in [4.78, 5) is 10.3. The lowest BCUT2D eigenvalue weighted by molar-refractivity contribution is -0.255. The third-order valence-electron chi connectivity index (χ3n) is 1.93. The molecule has 1 rings (SSSR count). The fraction of sp³-hybridized carbons (Fsp3) is 0.222. The summed E-state index contributed by atoms with van der Waals surface area (Å²) in [5, 5.41) is 10.6. The molecule has 1 aromatic rings. The first-order chi connectivity index (χ1) is 7.26. The third kappa shape index (κ3) is 2.34. The molecule has 0 amide bonds. The molecule has 16 heavy (non-hydrogen) atoms. The molecule has 0 N–H and O–H groups in total. The zero-order valence-corrected chi connectivity index (χ0v) is 10.2. The van der Waals surface area contributed by atoms with Crippen LogP contribution in [0.2, 0.25) is 5.02 Å². The molecule has 0 spiro atoms. The molecular weight excluding hydrogens is 254 g/mol. The highest BCUT2D eigenvalue weighted by atomic mass is 35.5. The second-order valence-corrected chi connectivity index (χ2v) is 5.75. The number of rotatable bonds is 3. The van der Waals surface area contributed by atoms with Crippen molar-refractivity contribution in [3.05, 3.63) is 28.8 Å². The van der Waals surface area contributed by atoms with Crippen LogP contribution in [-0.4, -0.2) is 32.8 Å². The Kier molecular flexibility index (Phi) is 3.57. The normalized spacial score (nSPS) is 11.8. The number of aromatic carboxylic acids is 1. The maximum absolute atomic E-state index is 11.8. The SMILES string of the molecule is CN(C)S(=O)(=O)c1cc(C(=O)[O-])ccc1Cl. The maximum atomic E-state index is 11.8. The monoisotopic (exact) mass is 262 g/mol. The second kappa shape index (κ2) is 4.40. The summed E-state index contributed by atoms with van der Waals surface area (Å²) < 4.78 is 24.5. The molecule has 0 unspecified atom stereocenters. The molecule has 0 aliphatic heterocycles. The molecule has 0 aromatic heterocycles. The van der Waals surface area contributed by atoms with Gasteiger partial charge in [-0.15, -0.1) is 0 Å². The third-order valence-corrected chi connectivity index (χ3v) is 4.22. The van der Waals surface area contributed by atoms with E-state index in [2.05, 4.69) is 0 Å². The van der Waals surface area contributed by atoms with Crippen LogP contribution in [-0.2, 0) is 10.0 Å². The van der Waals surface area contributed by atoms with Crippen molar-refractivity contribution in [2.75, 3.05) is 14.1 Å². The van der Waals surface area contributed by atoms with Gasteiger partial charge in [-0.25, -0.2) is 12.7 Å². The lowest BCUT2D eigenvalue weighted by atomic mass is 10.2. The summed E-state index contributed by atoms with van der Waals surface area (Å²) in [6.07, 6.45) is 0. The van der Waals surface area contributed by atoms with Crippen molar-refractivity contribution in [3.8, 4) is 0 Å². The standard InChI is InChI=1S/C9H10ClNO4S/c1-11(2)16(14,15)8-5-6(9(12)13)3-4-7(8)10/h3-5H,1-2H3,(H,12,13)/p-1. The van der Waals surface area contributed by atoms with E-state index in [9.17, 15) is 18.3 Å². The van der Waals surface area contributed by atoms with Gasteiger partial charge in [0.25, 0.3) is 0 Å². The first-order valence-electron chi connectivity index (χ1n) is 4.20. The highest BCUT2D eigenvalue weighted by Crippen LogP contribution is 2.24. The average molecular weight is 263 g/mol. The molecule has 0 saturated carbocycles. The van der Waals surface area contributed by atoms with Crippen LogP contribution in [0.1, 0.15) is 10.4 Å². The minimum Gasteiger partial charge on any atom is -0.545 e. The summed E-state index contributed by atoms with van der Waals surface area (Å²) in [6.45, 7) is 0. The van der Waals surface area contributed by atoms with Crippen molar-refractivity contribution in [2.24, 2.45) is 0 Å². The zero-order chi connectivity index (χ0) is 12.5. The molecular formula is C9H9ClNO4S-. The Balaban J connectivity index is 3.45. The highest BCUT2D eigenvalue weighted by molar-refractivity contribution is 7.89. The van der Waals surface area contributed by atoms with Gasteiger partial charge in [0.2, 0.25) is 10.0 Å². The van der Waals surface area contributed by atoms with Gasteiger partial charge in [0.05, 0.1) is 11.0 Å². The predicted octanol–water partition coefficient (Wildman–Crippen LogP) is -0.0462. The summed E-state index contributed by atoms with van der Waals surface area (Å²) in [5.41, 5.74) is -0.232. The Hall–Kier alpha value is -1.11. The molecule has 88 valence electrons. The maximum Gasteiger partial charge on any atom is 0.244 e. The van der Waals surface area contributed by atoms with E-state index < -0.39 is 16.0 Å². The second-order valence-electron chi connectivity index (χ2n) is 3.22. The minimum atomic E-state index is -3.75. The summed E-state index contributed by atoms with van der Waals surface area (Å²) >= 11 is 5.71. The molecule has 0 fully saturated rings. The van der Waals surface area contributed by atoms with Crippen LogP contribution < -0.4 is 5.11 Å². The van der Waals surface area contributed by atoms with E-state index in [4.69, 9.17) is 11.6 Å². The summed E-state index contributed by atoms with van der Waals surface area (Å²) in [6, 6.07) is 3.38. The van der Waals surface area contributed by atoms with Crippen molar-refractivity contribution in [2.45, 2.75) is 4.90 Å². The molecule has 1 aromatic carbocycles. The van der Waals surface area contributed by atoms with Crippen molar-refractivity contribution >= 4 is 27.6 Å². The lowest BCUT2D eigenvalue weighted by Gasteiger charge is -2.14. The zero-order valence-electron chi connectivity index (χ0n) is 8.60. The number of hydrogen-bond donors (Lipinski definition) is 0. The molecule has 5 nitrogen and oxygen atoms in total. The fourth-order valence-corrected chi connectivity index (χ4v) is 2.42. The van der Waals surface area contributed by atoms with E-state index in [0.29, 0.717) is 0 Å². The van der Waals surface area contributed by atoms with E-state index in [1.165, 1.54) is 26.2 Å². The van der Waals surface area contributed by atoms with E-state index in [1.807, 2.05) is 0 Å². The molecule has 0 radical (unpaired) electrons. The highest BCUT2D eigenvalue weighted by Gasteiger charge is 2.21. The van der Waals surface area contributed by atoms with Crippen LogP contribution in [0.5, 0.6) is 0 Å². The van der Waals surface area contributed by atoms with Crippen molar-refractivity contribution < 1.29 is 18.3 Å². The van der Waals surface area contributed by atoms with E-state index in [-0.39, 0.29) is 15.5 Å².